The highest BCUT2D eigenvalue weighted by molar-refractivity contribution is 6.36. The molecule has 3 aliphatic rings. The number of hydrogen-bond acceptors (Lipinski definition) is 5. The second-order valence-electron chi connectivity index (χ2n) is 8.63. The van der Waals surface area contributed by atoms with Gasteiger partial charge in [-0.1, -0.05) is 36.4 Å². The summed E-state index contributed by atoms with van der Waals surface area (Å²) in [6.07, 6.45) is 2.86. The zero-order valence-electron chi connectivity index (χ0n) is 18.4. The summed E-state index contributed by atoms with van der Waals surface area (Å²) in [7, 11) is 0. The lowest BCUT2D eigenvalue weighted by Gasteiger charge is -2.31. The van der Waals surface area contributed by atoms with E-state index in [1.54, 1.807) is 0 Å². The lowest BCUT2D eigenvalue weighted by atomic mass is 9.96. The molecule has 1 atom stereocenters. The third-order valence-corrected chi connectivity index (χ3v) is 6.53. The smallest absolute Gasteiger partial charge is 0.310 e. The first-order chi connectivity index (χ1) is 15.6. The minimum atomic E-state index is -0.112. The number of esters is 1. The van der Waals surface area contributed by atoms with Crippen molar-refractivity contribution >= 4 is 28.9 Å². The van der Waals surface area contributed by atoms with Crippen molar-refractivity contribution in [2.24, 2.45) is 5.92 Å². The Morgan fingerprint density at radius 2 is 2.09 bits per heavy atom. The predicted molar refractivity (Wildman–Crippen MR) is 123 cm³/mol. The molecule has 5 rings (SSSR count). The number of hydrogen-bond donors (Lipinski definition) is 1. The fourth-order valence-electron chi connectivity index (χ4n) is 4.92. The van der Waals surface area contributed by atoms with Crippen LogP contribution in [0.3, 0.4) is 0 Å². The number of ether oxygens (including phenoxy) is 2. The van der Waals surface area contributed by atoms with Crippen LogP contribution in [-0.2, 0) is 32.1 Å². The van der Waals surface area contributed by atoms with E-state index in [0.29, 0.717) is 24.5 Å². The summed E-state index contributed by atoms with van der Waals surface area (Å²) >= 11 is 0. The van der Waals surface area contributed by atoms with Crippen LogP contribution in [0.1, 0.15) is 42.0 Å². The van der Waals surface area contributed by atoms with Gasteiger partial charge in [0.1, 0.15) is 12.4 Å². The highest BCUT2D eigenvalue weighted by atomic mass is 16.5. The van der Waals surface area contributed by atoms with Crippen molar-refractivity contribution < 1.29 is 19.1 Å². The third kappa shape index (κ3) is 3.91. The predicted octanol–water partition coefficient (Wildman–Crippen LogP) is 3.85. The van der Waals surface area contributed by atoms with Gasteiger partial charge in [0, 0.05) is 35.5 Å². The largest absolute Gasteiger partial charge is 0.487 e. The molecule has 1 amide bonds. The van der Waals surface area contributed by atoms with Gasteiger partial charge in [-0.15, -0.1) is 0 Å². The fourth-order valence-corrected chi connectivity index (χ4v) is 4.92. The number of amides is 1. The number of benzene rings is 2. The SMILES string of the molecule is CCOC(=O)C1CCCN(CCc2ccc3c(c2)COC3=C2C(=O)Nc3ccccc32)C1. The van der Waals surface area contributed by atoms with Crippen LogP contribution in [0.5, 0.6) is 0 Å². The van der Waals surface area contributed by atoms with E-state index in [2.05, 4.69) is 28.4 Å². The van der Waals surface area contributed by atoms with Crippen molar-refractivity contribution in [3.63, 3.8) is 0 Å². The van der Waals surface area contributed by atoms with Crippen molar-refractivity contribution in [2.45, 2.75) is 32.8 Å². The average molecular weight is 433 g/mol. The van der Waals surface area contributed by atoms with Gasteiger partial charge in [0.05, 0.1) is 18.1 Å². The molecule has 3 aliphatic heterocycles. The Kier molecular flexibility index (Phi) is 5.70. The van der Waals surface area contributed by atoms with Gasteiger partial charge in [-0.2, -0.15) is 0 Å². The number of piperidine rings is 1. The number of anilines is 1. The number of rotatable bonds is 5. The van der Waals surface area contributed by atoms with Gasteiger partial charge in [-0.3, -0.25) is 9.59 Å². The molecule has 3 heterocycles. The van der Waals surface area contributed by atoms with E-state index >= 15 is 0 Å². The molecule has 6 nitrogen and oxygen atoms in total. The maximum absolute atomic E-state index is 12.6. The van der Waals surface area contributed by atoms with Crippen molar-refractivity contribution in [3.05, 3.63) is 64.7 Å². The highest BCUT2D eigenvalue weighted by Gasteiger charge is 2.32. The molecule has 2 aromatic rings. The maximum atomic E-state index is 12.6. The fraction of sp³-hybridized carbons (Fsp3) is 0.385. The zero-order chi connectivity index (χ0) is 22.1. The van der Waals surface area contributed by atoms with Crippen LogP contribution in [0.15, 0.2) is 42.5 Å². The molecule has 1 unspecified atom stereocenters. The molecule has 0 aliphatic carbocycles. The third-order valence-electron chi connectivity index (χ3n) is 6.53. The first-order valence-electron chi connectivity index (χ1n) is 11.4. The summed E-state index contributed by atoms with van der Waals surface area (Å²) < 4.78 is 11.2. The molecular formula is C26H28N2O4. The Balaban J connectivity index is 1.29. The molecule has 0 spiro atoms. The van der Waals surface area contributed by atoms with E-state index in [4.69, 9.17) is 9.47 Å². The molecule has 6 heteroatoms. The van der Waals surface area contributed by atoms with E-state index in [1.165, 1.54) is 5.56 Å². The van der Waals surface area contributed by atoms with Gasteiger partial charge >= 0.3 is 5.97 Å². The molecule has 1 fully saturated rings. The summed E-state index contributed by atoms with van der Waals surface area (Å²) in [5, 5.41) is 2.93. The molecule has 2 aromatic carbocycles. The Bertz CT molecular complexity index is 1090. The average Bonchev–Trinajstić information content (AvgIpc) is 3.37. The summed E-state index contributed by atoms with van der Waals surface area (Å²) in [4.78, 5) is 27.1. The zero-order valence-corrected chi connectivity index (χ0v) is 18.4. The Hall–Kier alpha value is -3.12. The molecule has 0 saturated carbocycles. The minimum Gasteiger partial charge on any atom is -0.487 e. The van der Waals surface area contributed by atoms with Crippen LogP contribution in [0.2, 0.25) is 0 Å². The first-order valence-corrected chi connectivity index (χ1v) is 11.4. The van der Waals surface area contributed by atoms with Gasteiger partial charge in [-0.05, 0) is 44.4 Å². The van der Waals surface area contributed by atoms with Crippen LogP contribution < -0.4 is 5.32 Å². The number of para-hydroxylation sites is 1. The molecule has 0 radical (unpaired) electrons. The molecule has 166 valence electrons. The van der Waals surface area contributed by atoms with Gasteiger partial charge in [0.25, 0.3) is 5.91 Å². The topological polar surface area (TPSA) is 67.9 Å². The van der Waals surface area contributed by atoms with Crippen LogP contribution >= 0.6 is 0 Å². The molecule has 32 heavy (non-hydrogen) atoms. The second kappa shape index (κ2) is 8.79. The molecule has 0 aromatic heterocycles. The van der Waals surface area contributed by atoms with Crippen LogP contribution in [0.4, 0.5) is 5.69 Å². The maximum Gasteiger partial charge on any atom is 0.310 e. The summed E-state index contributed by atoms with van der Waals surface area (Å²) in [6.45, 7) is 5.49. The van der Waals surface area contributed by atoms with E-state index in [-0.39, 0.29) is 17.8 Å². The minimum absolute atomic E-state index is 0.00765. The van der Waals surface area contributed by atoms with Crippen molar-refractivity contribution in [3.8, 4) is 0 Å². The standard InChI is InChI=1S/C26H28N2O4/c1-2-31-26(30)18-6-5-12-28(15-18)13-11-17-9-10-20-19(14-17)16-32-24(20)23-21-7-3-4-8-22(21)27-25(23)29/h3-4,7-10,14,18H,2,5-6,11-13,15-16H2,1H3,(H,27,29). The van der Waals surface area contributed by atoms with Crippen LogP contribution in [-0.4, -0.2) is 43.0 Å². The molecule has 1 saturated heterocycles. The lowest BCUT2D eigenvalue weighted by molar-refractivity contribution is -0.149. The van der Waals surface area contributed by atoms with E-state index in [1.807, 2.05) is 31.2 Å². The number of carbonyl (C=O) groups excluding carboxylic acids is 2. The molecule has 0 bridgehead atoms. The number of carbonyl (C=O) groups is 2. The number of likely N-dealkylation sites (tertiary alicyclic amines) is 1. The summed E-state index contributed by atoms with van der Waals surface area (Å²) in [5.41, 5.74) is 5.70. The first kappa shape index (κ1) is 20.8. The van der Waals surface area contributed by atoms with Gasteiger partial charge in [-0.25, -0.2) is 0 Å². The number of nitrogens with zero attached hydrogens (tertiary/aromatic N) is 1. The normalized spacial score (nSPS) is 22.2. The van der Waals surface area contributed by atoms with Gasteiger partial charge < -0.3 is 19.7 Å². The number of fused-ring (bicyclic) bond motifs is 2. The molecular weight excluding hydrogens is 404 g/mol. The van der Waals surface area contributed by atoms with Crippen molar-refractivity contribution in [2.75, 3.05) is 31.6 Å². The van der Waals surface area contributed by atoms with Crippen LogP contribution in [0, 0.1) is 5.92 Å². The summed E-state index contributed by atoms with van der Waals surface area (Å²) in [6, 6.07) is 14.1. The summed E-state index contributed by atoms with van der Waals surface area (Å²) in [5.74, 6) is 0.485. The van der Waals surface area contributed by atoms with Crippen LogP contribution in [0.25, 0.3) is 11.3 Å². The second-order valence-corrected chi connectivity index (χ2v) is 8.63. The molecule has 1 N–H and O–H groups in total. The van der Waals surface area contributed by atoms with Crippen molar-refractivity contribution in [1.82, 2.24) is 4.90 Å². The van der Waals surface area contributed by atoms with E-state index in [0.717, 1.165) is 61.3 Å². The van der Waals surface area contributed by atoms with E-state index in [9.17, 15) is 9.59 Å². The lowest BCUT2D eigenvalue weighted by Crippen LogP contribution is -2.40. The Morgan fingerprint density at radius 3 is 2.97 bits per heavy atom. The van der Waals surface area contributed by atoms with E-state index < -0.39 is 0 Å². The Morgan fingerprint density at radius 1 is 1.22 bits per heavy atom. The quantitative estimate of drug-likeness (QED) is 0.574. The Labute approximate surface area is 188 Å². The number of nitrogens with one attached hydrogen (secondary N) is 1. The van der Waals surface area contributed by atoms with Gasteiger partial charge in [0.15, 0.2) is 0 Å². The highest BCUT2D eigenvalue weighted by Crippen LogP contribution is 2.41. The van der Waals surface area contributed by atoms with Crippen molar-refractivity contribution in [1.29, 1.82) is 0 Å². The van der Waals surface area contributed by atoms with Gasteiger partial charge in [0.2, 0.25) is 0 Å². The monoisotopic (exact) mass is 432 g/mol.